The number of benzene rings is 1. The van der Waals surface area contributed by atoms with Gasteiger partial charge in [-0.1, -0.05) is 23.2 Å². The van der Waals surface area contributed by atoms with E-state index >= 15 is 0 Å². The minimum atomic E-state index is -0.793. The van der Waals surface area contributed by atoms with Gasteiger partial charge >= 0.3 is 0 Å². The average molecular weight is 397 g/mol. The van der Waals surface area contributed by atoms with Gasteiger partial charge in [0.1, 0.15) is 5.82 Å². The summed E-state index contributed by atoms with van der Waals surface area (Å²) in [5.74, 6) is 0.632. The second kappa shape index (κ2) is 6.02. The van der Waals surface area contributed by atoms with Gasteiger partial charge in [0, 0.05) is 40.9 Å². The average Bonchev–Trinajstić information content (AvgIpc) is 3.43. The molecule has 0 atom stereocenters. The molecule has 0 amide bonds. The number of rotatable bonds is 3. The maximum absolute atomic E-state index is 10.3. The number of halogens is 2. The number of aliphatic hydroxyl groups is 1. The van der Waals surface area contributed by atoms with Crippen molar-refractivity contribution < 1.29 is 5.11 Å². The molecule has 1 saturated carbocycles. The van der Waals surface area contributed by atoms with Gasteiger partial charge in [-0.25, -0.2) is 4.98 Å². The SMILES string of the molecule is OC1(c2cc(Cl)c(Nc3nc4ccncc4c4cnccc34)c(Cl)c2)CC1. The first-order valence-corrected chi connectivity index (χ1v) is 9.27. The Hall–Kier alpha value is -2.47. The molecule has 0 aliphatic heterocycles. The van der Waals surface area contributed by atoms with Crippen LogP contribution in [-0.4, -0.2) is 20.1 Å². The highest BCUT2D eigenvalue weighted by Gasteiger charge is 2.42. The van der Waals surface area contributed by atoms with Crippen LogP contribution in [0.1, 0.15) is 18.4 Å². The molecule has 1 aliphatic rings. The number of anilines is 2. The van der Waals surface area contributed by atoms with Gasteiger partial charge in [-0.3, -0.25) is 9.97 Å². The van der Waals surface area contributed by atoms with Crippen molar-refractivity contribution in [3.05, 3.63) is 64.7 Å². The highest BCUT2D eigenvalue weighted by Crippen LogP contribution is 2.48. The number of nitrogens with zero attached hydrogens (tertiary/aromatic N) is 3. The molecule has 0 radical (unpaired) electrons. The maximum Gasteiger partial charge on any atom is 0.139 e. The van der Waals surface area contributed by atoms with Crippen LogP contribution in [0.5, 0.6) is 0 Å². The summed E-state index contributed by atoms with van der Waals surface area (Å²) in [5.41, 5.74) is 1.31. The molecule has 3 heterocycles. The van der Waals surface area contributed by atoms with Crippen LogP contribution in [0.3, 0.4) is 0 Å². The fourth-order valence-electron chi connectivity index (χ4n) is 3.27. The third kappa shape index (κ3) is 2.79. The van der Waals surface area contributed by atoms with Crippen molar-refractivity contribution in [1.29, 1.82) is 0 Å². The van der Waals surface area contributed by atoms with Crippen molar-refractivity contribution in [3.63, 3.8) is 0 Å². The van der Waals surface area contributed by atoms with Gasteiger partial charge in [0.05, 0.1) is 26.9 Å². The van der Waals surface area contributed by atoms with Gasteiger partial charge in [0.2, 0.25) is 0 Å². The molecule has 27 heavy (non-hydrogen) atoms. The molecule has 134 valence electrons. The van der Waals surface area contributed by atoms with Gasteiger partial charge in [0.25, 0.3) is 0 Å². The summed E-state index contributed by atoms with van der Waals surface area (Å²) in [6.45, 7) is 0. The predicted molar refractivity (Wildman–Crippen MR) is 108 cm³/mol. The Morgan fingerprint density at radius 1 is 0.926 bits per heavy atom. The fourth-order valence-corrected chi connectivity index (χ4v) is 3.85. The molecule has 5 rings (SSSR count). The summed E-state index contributed by atoms with van der Waals surface area (Å²) < 4.78 is 0. The first-order valence-electron chi connectivity index (χ1n) is 8.51. The Bertz CT molecular complexity index is 1180. The molecule has 1 aliphatic carbocycles. The van der Waals surface area contributed by atoms with Crippen molar-refractivity contribution in [2.45, 2.75) is 18.4 Å². The first-order chi connectivity index (χ1) is 13.0. The number of aromatic nitrogens is 3. The number of hydrogen-bond donors (Lipinski definition) is 2. The number of hydrogen-bond acceptors (Lipinski definition) is 5. The Morgan fingerprint density at radius 2 is 1.59 bits per heavy atom. The Kier molecular flexibility index (Phi) is 3.72. The summed E-state index contributed by atoms with van der Waals surface area (Å²) >= 11 is 13.0. The van der Waals surface area contributed by atoms with Crippen molar-refractivity contribution in [2.24, 2.45) is 0 Å². The van der Waals surface area contributed by atoms with Crippen molar-refractivity contribution >= 4 is 56.4 Å². The largest absolute Gasteiger partial charge is 0.385 e. The third-order valence-electron chi connectivity index (χ3n) is 4.94. The fraction of sp³-hybridized carbons (Fsp3) is 0.150. The molecule has 2 N–H and O–H groups in total. The van der Waals surface area contributed by atoms with Crippen LogP contribution in [0.15, 0.2) is 49.1 Å². The van der Waals surface area contributed by atoms with Crippen LogP contribution in [0.25, 0.3) is 21.7 Å². The lowest BCUT2D eigenvalue weighted by molar-refractivity contribution is 0.151. The number of pyridine rings is 3. The minimum absolute atomic E-state index is 0.441. The van der Waals surface area contributed by atoms with Crippen LogP contribution in [0.4, 0.5) is 11.5 Å². The Balaban J connectivity index is 1.66. The number of nitrogens with one attached hydrogen (secondary N) is 1. The lowest BCUT2D eigenvalue weighted by Gasteiger charge is -2.16. The highest BCUT2D eigenvalue weighted by molar-refractivity contribution is 6.39. The summed E-state index contributed by atoms with van der Waals surface area (Å²) in [5, 5.41) is 17.2. The molecule has 0 unspecified atom stereocenters. The Labute approximate surface area is 165 Å². The van der Waals surface area contributed by atoms with Crippen LogP contribution >= 0.6 is 23.2 Å². The molecule has 0 saturated heterocycles. The Morgan fingerprint density at radius 3 is 2.30 bits per heavy atom. The number of fused-ring (bicyclic) bond motifs is 3. The second-order valence-corrected chi connectivity index (χ2v) is 7.56. The second-order valence-electron chi connectivity index (χ2n) is 6.75. The van der Waals surface area contributed by atoms with Crippen LogP contribution in [0.2, 0.25) is 10.0 Å². The summed E-state index contributed by atoms with van der Waals surface area (Å²) in [7, 11) is 0. The smallest absolute Gasteiger partial charge is 0.139 e. The van der Waals surface area contributed by atoms with E-state index in [1.54, 1.807) is 36.9 Å². The van der Waals surface area contributed by atoms with E-state index in [1.165, 1.54) is 0 Å². The minimum Gasteiger partial charge on any atom is -0.385 e. The molecule has 1 aromatic carbocycles. The van der Waals surface area contributed by atoms with E-state index in [0.29, 0.717) is 21.6 Å². The van der Waals surface area contributed by atoms with E-state index in [2.05, 4.69) is 15.3 Å². The molecular formula is C20H14Cl2N4O. The van der Waals surface area contributed by atoms with Gasteiger partial charge in [0.15, 0.2) is 0 Å². The zero-order valence-electron chi connectivity index (χ0n) is 14.1. The third-order valence-corrected chi connectivity index (χ3v) is 5.54. The molecular weight excluding hydrogens is 383 g/mol. The van der Waals surface area contributed by atoms with Gasteiger partial charge < -0.3 is 10.4 Å². The van der Waals surface area contributed by atoms with Crippen LogP contribution in [0, 0.1) is 0 Å². The van der Waals surface area contributed by atoms with Crippen molar-refractivity contribution in [2.75, 3.05) is 5.32 Å². The molecule has 5 nitrogen and oxygen atoms in total. The van der Waals surface area contributed by atoms with Crippen LogP contribution in [-0.2, 0) is 5.60 Å². The standard InChI is InChI=1S/C20H14Cl2N4O/c21-15-7-11(20(27)3-4-20)8-16(22)18(15)26-19-12-1-5-23-9-13(12)14-10-24-6-2-17(14)25-19/h1-2,5-10,27H,3-4H2,(H,25,26). The molecule has 4 aromatic rings. The normalized spacial score (nSPS) is 15.2. The van der Waals surface area contributed by atoms with E-state index in [0.717, 1.165) is 40.1 Å². The lowest BCUT2D eigenvalue weighted by Crippen LogP contribution is -2.05. The summed E-state index contributed by atoms with van der Waals surface area (Å²) in [6, 6.07) is 7.26. The van der Waals surface area contributed by atoms with Gasteiger partial charge in [-0.15, -0.1) is 0 Å². The zero-order valence-corrected chi connectivity index (χ0v) is 15.6. The van der Waals surface area contributed by atoms with Crippen molar-refractivity contribution in [3.8, 4) is 0 Å². The quantitative estimate of drug-likeness (QED) is 0.465. The van der Waals surface area contributed by atoms with Crippen molar-refractivity contribution in [1.82, 2.24) is 15.0 Å². The van der Waals surface area contributed by atoms with Crippen LogP contribution < -0.4 is 5.32 Å². The lowest BCUT2D eigenvalue weighted by atomic mass is 10.1. The molecule has 7 heteroatoms. The van der Waals surface area contributed by atoms with E-state index in [1.807, 2.05) is 12.1 Å². The van der Waals surface area contributed by atoms with Gasteiger partial charge in [-0.2, -0.15) is 0 Å². The van der Waals surface area contributed by atoms with E-state index in [9.17, 15) is 5.11 Å². The first kappa shape index (κ1) is 16.7. The van der Waals surface area contributed by atoms with Gasteiger partial charge in [-0.05, 0) is 42.7 Å². The molecule has 0 bridgehead atoms. The molecule has 3 aromatic heterocycles. The van der Waals surface area contributed by atoms with E-state index in [-0.39, 0.29) is 0 Å². The summed E-state index contributed by atoms with van der Waals surface area (Å²) in [6.07, 6.45) is 8.44. The van der Waals surface area contributed by atoms with E-state index in [4.69, 9.17) is 28.2 Å². The highest BCUT2D eigenvalue weighted by atomic mass is 35.5. The summed E-state index contributed by atoms with van der Waals surface area (Å²) in [4.78, 5) is 13.1. The zero-order chi connectivity index (χ0) is 18.6. The predicted octanol–water partition coefficient (Wildman–Crippen LogP) is 5.21. The van der Waals surface area contributed by atoms with E-state index < -0.39 is 5.60 Å². The molecule has 0 spiro atoms. The monoisotopic (exact) mass is 396 g/mol. The maximum atomic E-state index is 10.3. The molecule has 1 fully saturated rings. The topological polar surface area (TPSA) is 70.9 Å².